The van der Waals surface area contributed by atoms with Gasteiger partial charge in [0, 0.05) is 24.9 Å². The molecular weight excluding hydrogens is 416 g/mol. The highest BCUT2D eigenvalue weighted by Crippen LogP contribution is 2.33. The Balaban J connectivity index is 1.58. The minimum atomic E-state index is -0.745. The van der Waals surface area contributed by atoms with Crippen molar-refractivity contribution < 1.29 is 14.3 Å². The zero-order chi connectivity index (χ0) is 22.1. The second-order valence-electron chi connectivity index (χ2n) is 7.26. The first-order valence-electron chi connectivity index (χ1n) is 9.97. The number of likely N-dealkylation sites (N-methyl/N-ethyl adjacent to an activating group) is 1. The van der Waals surface area contributed by atoms with E-state index in [2.05, 4.69) is 20.4 Å². The van der Waals surface area contributed by atoms with E-state index in [1.165, 1.54) is 11.8 Å². The zero-order valence-electron chi connectivity index (χ0n) is 17.9. The van der Waals surface area contributed by atoms with Gasteiger partial charge in [0.05, 0.1) is 12.2 Å². The van der Waals surface area contributed by atoms with Gasteiger partial charge in [-0.15, -0.1) is 5.10 Å². The Morgan fingerprint density at radius 1 is 1.26 bits per heavy atom. The number of nitrogens with one attached hydrogen (secondary N) is 1. The van der Waals surface area contributed by atoms with Crippen LogP contribution in [-0.4, -0.2) is 57.3 Å². The minimum Gasteiger partial charge on any atom is -0.477 e. The molecule has 2 amide bonds. The second-order valence-corrected chi connectivity index (χ2v) is 8.04. The summed E-state index contributed by atoms with van der Waals surface area (Å²) < 4.78 is 7.52. The number of amides is 2. The summed E-state index contributed by atoms with van der Waals surface area (Å²) in [5.74, 6) is 0.750. The van der Waals surface area contributed by atoms with E-state index < -0.39 is 6.10 Å². The number of rotatable bonds is 5. The number of fused-ring (bicyclic) bond motifs is 2. The highest BCUT2D eigenvalue weighted by Gasteiger charge is 2.33. The van der Waals surface area contributed by atoms with Crippen molar-refractivity contribution >= 4 is 35.0 Å². The number of carbonyl (C=O) groups excluding carboxylic acids is 2. The van der Waals surface area contributed by atoms with E-state index in [0.717, 1.165) is 17.0 Å². The largest absolute Gasteiger partial charge is 0.477 e. The maximum Gasteiger partial charge on any atom is 0.262 e. The smallest absolute Gasteiger partial charge is 0.262 e. The van der Waals surface area contributed by atoms with Gasteiger partial charge in [-0.25, -0.2) is 9.50 Å². The lowest BCUT2D eigenvalue weighted by Gasteiger charge is -2.34. The van der Waals surface area contributed by atoms with Gasteiger partial charge in [-0.05, 0) is 44.2 Å². The number of hydrogen-bond donors (Lipinski definition) is 1. The Kier molecular flexibility index (Phi) is 5.81. The average molecular weight is 441 g/mol. The van der Waals surface area contributed by atoms with E-state index in [9.17, 15) is 9.59 Å². The molecule has 1 aliphatic rings. The van der Waals surface area contributed by atoms with Crippen LogP contribution in [0.15, 0.2) is 29.4 Å². The number of carbonyl (C=O) groups is 2. The molecule has 0 aliphatic carbocycles. The lowest BCUT2D eigenvalue weighted by atomic mass is 10.1. The molecule has 0 spiro atoms. The molecule has 0 saturated carbocycles. The third-order valence-corrected chi connectivity index (χ3v) is 5.95. The van der Waals surface area contributed by atoms with Crippen molar-refractivity contribution in [2.45, 2.75) is 37.9 Å². The van der Waals surface area contributed by atoms with Crippen LogP contribution in [0.1, 0.15) is 23.4 Å². The van der Waals surface area contributed by atoms with Crippen molar-refractivity contribution in [3.63, 3.8) is 0 Å². The minimum absolute atomic E-state index is 0.0769. The zero-order valence-corrected chi connectivity index (χ0v) is 18.7. The van der Waals surface area contributed by atoms with Crippen molar-refractivity contribution in [1.82, 2.24) is 24.9 Å². The summed E-state index contributed by atoms with van der Waals surface area (Å²) in [6.07, 6.45) is 1.96. The Hall–Kier alpha value is -3.14. The lowest BCUT2D eigenvalue weighted by molar-refractivity contribution is -0.127. The van der Waals surface area contributed by atoms with Gasteiger partial charge in [-0.1, -0.05) is 23.9 Å². The predicted octanol–water partition coefficient (Wildman–Crippen LogP) is 1.94. The fourth-order valence-corrected chi connectivity index (χ4v) is 4.11. The van der Waals surface area contributed by atoms with E-state index >= 15 is 0 Å². The molecule has 0 saturated heterocycles. The lowest BCUT2D eigenvalue weighted by Crippen LogP contribution is -2.50. The fourth-order valence-electron chi connectivity index (χ4n) is 3.77. The average Bonchev–Trinajstić information content (AvgIpc) is 3.20. The maximum atomic E-state index is 13.2. The molecule has 1 aliphatic heterocycles. The number of thioether (sulfide) groups is 1. The first-order valence-corrected chi connectivity index (χ1v) is 11.2. The molecule has 1 N–H and O–H groups in total. The van der Waals surface area contributed by atoms with Crippen molar-refractivity contribution in [2.75, 3.05) is 24.7 Å². The number of aryl methyl sites for hydroxylation is 2. The molecule has 3 aromatic rings. The van der Waals surface area contributed by atoms with E-state index in [1.807, 2.05) is 38.3 Å². The number of hydrogen-bond acceptors (Lipinski definition) is 7. The van der Waals surface area contributed by atoms with Crippen LogP contribution in [0.25, 0.3) is 5.78 Å². The number of nitrogens with zero attached hydrogens (tertiary/aromatic N) is 5. The maximum absolute atomic E-state index is 13.2. The summed E-state index contributed by atoms with van der Waals surface area (Å²) in [6, 6.07) is 7.27. The SMILES string of the molecule is CNC(=O)[C@@H]1CN(C(=O)CCc2c(C)nc3nc(SC)nn3c2C)c2ccccc2O1. The van der Waals surface area contributed by atoms with Gasteiger partial charge >= 0.3 is 0 Å². The molecule has 0 fully saturated rings. The standard InChI is InChI=1S/C21H24N6O3S/c1-12-14(13(2)27-20(23-12)24-21(25-27)31-4)9-10-18(28)26-11-17(19(29)22-3)30-16-8-6-5-7-15(16)26/h5-8,17H,9-11H2,1-4H3,(H,22,29)/t17-/m0/s1. The molecule has 4 rings (SSSR count). The Morgan fingerprint density at radius 3 is 2.77 bits per heavy atom. The molecule has 1 atom stereocenters. The highest BCUT2D eigenvalue weighted by atomic mass is 32.2. The van der Waals surface area contributed by atoms with Crippen LogP contribution >= 0.6 is 11.8 Å². The Labute approximate surface area is 184 Å². The van der Waals surface area contributed by atoms with Crippen LogP contribution in [0.3, 0.4) is 0 Å². The monoisotopic (exact) mass is 440 g/mol. The summed E-state index contributed by atoms with van der Waals surface area (Å²) in [4.78, 5) is 36.0. The molecule has 2 aromatic heterocycles. The number of aromatic nitrogens is 4. The van der Waals surface area contributed by atoms with Crippen molar-refractivity contribution in [3.05, 3.63) is 41.2 Å². The molecule has 162 valence electrons. The van der Waals surface area contributed by atoms with Crippen LogP contribution in [0.2, 0.25) is 0 Å². The number of anilines is 1. The predicted molar refractivity (Wildman–Crippen MR) is 118 cm³/mol. The van der Waals surface area contributed by atoms with Crippen LogP contribution in [0.5, 0.6) is 5.75 Å². The summed E-state index contributed by atoms with van der Waals surface area (Å²) in [5, 5.41) is 7.72. The van der Waals surface area contributed by atoms with Gasteiger partial charge in [-0.3, -0.25) is 9.59 Å². The van der Waals surface area contributed by atoms with Crippen molar-refractivity contribution in [3.8, 4) is 5.75 Å². The Bertz CT molecular complexity index is 1160. The molecule has 10 heteroatoms. The molecular formula is C21H24N6O3S. The van der Waals surface area contributed by atoms with Crippen LogP contribution in [-0.2, 0) is 16.0 Å². The quantitative estimate of drug-likeness (QED) is 0.605. The third kappa shape index (κ3) is 3.95. The van der Waals surface area contributed by atoms with Gasteiger partial charge in [-0.2, -0.15) is 4.98 Å². The van der Waals surface area contributed by atoms with Crippen molar-refractivity contribution in [1.29, 1.82) is 0 Å². The molecule has 9 nitrogen and oxygen atoms in total. The number of para-hydroxylation sites is 2. The molecule has 0 bridgehead atoms. The summed E-state index contributed by atoms with van der Waals surface area (Å²) in [5.41, 5.74) is 3.41. The van der Waals surface area contributed by atoms with Crippen LogP contribution in [0, 0.1) is 13.8 Å². The van der Waals surface area contributed by atoms with Gasteiger partial charge in [0.2, 0.25) is 11.1 Å². The first-order chi connectivity index (χ1) is 14.9. The Morgan fingerprint density at radius 2 is 2.03 bits per heavy atom. The van der Waals surface area contributed by atoms with Gasteiger partial charge in [0.25, 0.3) is 11.7 Å². The molecule has 0 unspecified atom stereocenters. The molecule has 31 heavy (non-hydrogen) atoms. The summed E-state index contributed by atoms with van der Waals surface area (Å²) in [6.45, 7) is 4.06. The van der Waals surface area contributed by atoms with E-state index in [1.54, 1.807) is 22.5 Å². The normalized spacial score (nSPS) is 15.5. The summed E-state index contributed by atoms with van der Waals surface area (Å²) >= 11 is 1.46. The van der Waals surface area contributed by atoms with Crippen molar-refractivity contribution in [2.24, 2.45) is 0 Å². The third-order valence-electron chi connectivity index (χ3n) is 5.41. The van der Waals surface area contributed by atoms with E-state index in [-0.39, 0.29) is 24.8 Å². The van der Waals surface area contributed by atoms with E-state index in [4.69, 9.17) is 4.74 Å². The van der Waals surface area contributed by atoms with Gasteiger partial charge in [0.15, 0.2) is 6.10 Å². The number of ether oxygens (including phenoxy) is 1. The topological polar surface area (TPSA) is 102 Å². The molecule has 1 aromatic carbocycles. The number of benzene rings is 1. The molecule has 0 radical (unpaired) electrons. The van der Waals surface area contributed by atoms with Crippen LogP contribution in [0.4, 0.5) is 5.69 Å². The van der Waals surface area contributed by atoms with Gasteiger partial charge in [0.1, 0.15) is 5.75 Å². The van der Waals surface area contributed by atoms with Gasteiger partial charge < -0.3 is 15.0 Å². The first kappa shape index (κ1) is 21.1. The highest BCUT2D eigenvalue weighted by molar-refractivity contribution is 7.98. The van der Waals surface area contributed by atoms with Crippen LogP contribution < -0.4 is 15.0 Å². The fraction of sp³-hybridized carbons (Fsp3) is 0.381. The molecule has 3 heterocycles. The summed E-state index contributed by atoms with van der Waals surface area (Å²) in [7, 11) is 1.56. The van der Waals surface area contributed by atoms with E-state index in [0.29, 0.717) is 28.8 Å². The second kappa shape index (κ2) is 8.54.